The van der Waals surface area contributed by atoms with Gasteiger partial charge in [-0.3, -0.25) is 0 Å². The molecule has 0 aromatic carbocycles. The predicted molar refractivity (Wildman–Crippen MR) is 73.8 cm³/mol. The molecule has 0 N–H and O–H groups in total. The van der Waals surface area contributed by atoms with Gasteiger partial charge in [0.1, 0.15) is 0 Å². The zero-order valence-electron chi connectivity index (χ0n) is 11.4. The van der Waals surface area contributed by atoms with Crippen molar-refractivity contribution in [2.24, 2.45) is 0 Å². The summed E-state index contributed by atoms with van der Waals surface area (Å²) in [5, 5.41) is 0.656. The lowest BCUT2D eigenvalue weighted by molar-refractivity contribution is 0.00578. The lowest BCUT2D eigenvalue weighted by Crippen LogP contribution is -2.41. The molecule has 1 aliphatic rings. The summed E-state index contributed by atoms with van der Waals surface area (Å²) < 4.78 is 16.8. The van der Waals surface area contributed by atoms with Gasteiger partial charge in [0.25, 0.3) is 5.19 Å². The van der Waals surface area contributed by atoms with Crippen molar-refractivity contribution in [1.82, 2.24) is 4.98 Å². The van der Waals surface area contributed by atoms with E-state index >= 15 is 0 Å². The van der Waals surface area contributed by atoms with Crippen LogP contribution in [0.2, 0.25) is 0 Å². The maximum absolute atomic E-state index is 5.86. The Morgan fingerprint density at radius 3 is 2.39 bits per heavy atom. The van der Waals surface area contributed by atoms with E-state index in [-0.39, 0.29) is 18.3 Å². The number of methoxy groups -OCH3 is 1. The van der Waals surface area contributed by atoms with Gasteiger partial charge in [0, 0.05) is 11.1 Å². The lowest BCUT2D eigenvalue weighted by atomic mass is 9.90. The number of aromatic nitrogens is 1. The van der Waals surface area contributed by atoms with E-state index in [4.69, 9.17) is 14.0 Å². The van der Waals surface area contributed by atoms with Crippen molar-refractivity contribution in [2.45, 2.75) is 38.9 Å². The van der Waals surface area contributed by atoms with Crippen LogP contribution in [0.15, 0.2) is 12.2 Å². The summed E-state index contributed by atoms with van der Waals surface area (Å²) >= 11 is 1.48. The molecule has 2 rings (SSSR count). The molecule has 98 valence electrons. The summed E-state index contributed by atoms with van der Waals surface area (Å²) in [5.41, 5.74) is -0.596. The molecule has 1 fully saturated rings. The molecule has 1 aromatic heterocycles. The SMILES string of the molecule is COc1ncc(/C=C/B2OC(C)(C)C(C)(C)O2)s1. The zero-order valence-corrected chi connectivity index (χ0v) is 12.2. The number of ether oxygens (including phenoxy) is 1. The largest absolute Gasteiger partial charge is 0.487 e. The Morgan fingerprint density at radius 2 is 1.89 bits per heavy atom. The van der Waals surface area contributed by atoms with Crippen molar-refractivity contribution in [2.75, 3.05) is 7.11 Å². The van der Waals surface area contributed by atoms with Gasteiger partial charge in [-0.15, -0.1) is 0 Å². The first kappa shape index (κ1) is 13.6. The van der Waals surface area contributed by atoms with Crippen LogP contribution in [0.3, 0.4) is 0 Å². The molecule has 0 radical (unpaired) electrons. The Hall–Kier alpha value is -0.845. The average molecular weight is 267 g/mol. The molecule has 0 amide bonds. The smallest absolute Gasteiger partial charge is 0.473 e. The van der Waals surface area contributed by atoms with Gasteiger partial charge in [-0.05, 0) is 27.7 Å². The second-order valence-corrected chi connectivity index (χ2v) is 6.24. The lowest BCUT2D eigenvalue weighted by Gasteiger charge is -2.32. The number of nitrogens with zero attached hydrogens (tertiary/aromatic N) is 1. The minimum Gasteiger partial charge on any atom is -0.473 e. The Morgan fingerprint density at radius 1 is 1.28 bits per heavy atom. The Balaban J connectivity index is 2.03. The minimum absolute atomic E-state index is 0.298. The molecule has 1 aromatic rings. The Labute approximate surface area is 112 Å². The highest BCUT2D eigenvalue weighted by molar-refractivity contribution is 7.14. The molecule has 0 atom stereocenters. The Bertz CT molecular complexity index is 440. The van der Waals surface area contributed by atoms with E-state index in [1.165, 1.54) is 11.3 Å². The van der Waals surface area contributed by atoms with Crippen LogP contribution in [0.5, 0.6) is 5.19 Å². The fraction of sp³-hybridized carbons (Fsp3) is 0.583. The number of hydrogen-bond acceptors (Lipinski definition) is 5. The van der Waals surface area contributed by atoms with E-state index in [1.807, 2.05) is 39.7 Å². The molecular formula is C12H18BNO3S. The van der Waals surface area contributed by atoms with Gasteiger partial charge in [0.15, 0.2) is 0 Å². The molecule has 1 aliphatic heterocycles. The standard InChI is InChI=1S/C12H18BNO3S/c1-11(2)12(3,4)17-13(16-11)7-6-9-8-14-10(15-5)18-9/h6-8H,1-5H3/b7-6+. The van der Waals surface area contributed by atoms with E-state index in [1.54, 1.807) is 13.3 Å². The quantitative estimate of drug-likeness (QED) is 0.789. The van der Waals surface area contributed by atoms with Crippen LogP contribution in [0.4, 0.5) is 0 Å². The highest BCUT2D eigenvalue weighted by Crippen LogP contribution is 2.37. The van der Waals surface area contributed by atoms with Gasteiger partial charge in [0.2, 0.25) is 0 Å². The van der Waals surface area contributed by atoms with Gasteiger partial charge in [-0.25, -0.2) is 4.98 Å². The zero-order chi connectivity index (χ0) is 13.4. The van der Waals surface area contributed by atoms with Crippen molar-refractivity contribution in [3.05, 3.63) is 17.0 Å². The fourth-order valence-corrected chi connectivity index (χ4v) is 2.22. The summed E-state index contributed by atoms with van der Waals surface area (Å²) in [6, 6.07) is 0. The maximum atomic E-state index is 5.86. The summed E-state index contributed by atoms with van der Waals surface area (Å²) in [6.07, 6.45) is 3.72. The van der Waals surface area contributed by atoms with Crippen LogP contribution < -0.4 is 4.74 Å². The van der Waals surface area contributed by atoms with Gasteiger partial charge < -0.3 is 14.0 Å². The van der Waals surface area contributed by atoms with E-state index in [2.05, 4.69) is 4.98 Å². The van der Waals surface area contributed by atoms with Crippen LogP contribution in [0.1, 0.15) is 32.6 Å². The van der Waals surface area contributed by atoms with Crippen molar-refractivity contribution in [3.63, 3.8) is 0 Å². The summed E-state index contributed by atoms with van der Waals surface area (Å²) in [5.74, 6) is 1.91. The van der Waals surface area contributed by atoms with Crippen LogP contribution in [0.25, 0.3) is 6.08 Å². The molecular weight excluding hydrogens is 249 g/mol. The van der Waals surface area contributed by atoms with E-state index in [9.17, 15) is 0 Å². The van der Waals surface area contributed by atoms with E-state index < -0.39 is 0 Å². The van der Waals surface area contributed by atoms with Gasteiger partial charge in [-0.1, -0.05) is 23.4 Å². The first-order valence-electron chi connectivity index (χ1n) is 5.88. The second-order valence-electron chi connectivity index (χ2n) is 5.22. The van der Waals surface area contributed by atoms with Crippen LogP contribution in [-0.2, 0) is 9.31 Å². The first-order chi connectivity index (χ1) is 8.34. The van der Waals surface area contributed by atoms with Crippen LogP contribution >= 0.6 is 11.3 Å². The normalized spacial score (nSPS) is 21.7. The van der Waals surface area contributed by atoms with Gasteiger partial charge >= 0.3 is 7.12 Å². The van der Waals surface area contributed by atoms with Crippen molar-refractivity contribution < 1.29 is 14.0 Å². The molecule has 0 saturated carbocycles. The molecule has 0 aliphatic carbocycles. The van der Waals surface area contributed by atoms with E-state index in [0.717, 1.165) is 4.88 Å². The Kier molecular flexibility index (Phi) is 3.53. The fourth-order valence-electron chi connectivity index (χ4n) is 1.58. The maximum Gasteiger partial charge on any atom is 0.487 e. The number of rotatable bonds is 3. The molecule has 1 saturated heterocycles. The highest BCUT2D eigenvalue weighted by Gasteiger charge is 2.49. The van der Waals surface area contributed by atoms with Crippen LogP contribution in [0, 0.1) is 0 Å². The van der Waals surface area contributed by atoms with E-state index in [0.29, 0.717) is 5.19 Å². The minimum atomic E-state index is -0.317. The molecule has 0 spiro atoms. The molecule has 0 bridgehead atoms. The topological polar surface area (TPSA) is 40.6 Å². The van der Waals surface area contributed by atoms with Crippen molar-refractivity contribution >= 4 is 24.5 Å². The van der Waals surface area contributed by atoms with Crippen molar-refractivity contribution in [1.29, 1.82) is 0 Å². The molecule has 4 nitrogen and oxygen atoms in total. The second kappa shape index (κ2) is 4.68. The third kappa shape index (κ3) is 2.60. The molecule has 6 heteroatoms. The van der Waals surface area contributed by atoms with Crippen molar-refractivity contribution in [3.8, 4) is 5.19 Å². The first-order valence-corrected chi connectivity index (χ1v) is 6.69. The third-order valence-electron chi connectivity index (χ3n) is 3.37. The summed E-state index contributed by atoms with van der Waals surface area (Å²) in [7, 11) is 1.30. The summed E-state index contributed by atoms with van der Waals surface area (Å²) in [4.78, 5) is 5.12. The number of thiazole rings is 1. The average Bonchev–Trinajstić information content (AvgIpc) is 2.79. The molecule has 2 heterocycles. The van der Waals surface area contributed by atoms with Crippen LogP contribution in [-0.4, -0.2) is 30.4 Å². The third-order valence-corrected chi connectivity index (χ3v) is 4.29. The number of hydrogen-bond donors (Lipinski definition) is 0. The predicted octanol–water partition coefficient (Wildman–Crippen LogP) is 2.80. The monoisotopic (exact) mass is 267 g/mol. The van der Waals surface area contributed by atoms with Gasteiger partial charge in [0.05, 0.1) is 18.3 Å². The summed E-state index contributed by atoms with van der Waals surface area (Å²) in [6.45, 7) is 8.15. The molecule has 18 heavy (non-hydrogen) atoms. The molecule has 0 unspecified atom stereocenters. The highest BCUT2D eigenvalue weighted by atomic mass is 32.1. The van der Waals surface area contributed by atoms with Gasteiger partial charge in [-0.2, -0.15) is 0 Å².